The summed E-state index contributed by atoms with van der Waals surface area (Å²) in [4.78, 5) is 22.8. The number of carboxylic acid groups (broad SMARTS) is 1. The number of carbonyl (C=O) groups excluding carboxylic acids is 1. The van der Waals surface area contributed by atoms with E-state index in [0.717, 1.165) is 0 Å². The van der Waals surface area contributed by atoms with E-state index in [1.165, 1.54) is 12.1 Å². The molecule has 0 spiro atoms. The van der Waals surface area contributed by atoms with Crippen LogP contribution in [-0.4, -0.2) is 48.5 Å². The van der Waals surface area contributed by atoms with Crippen LogP contribution in [0.1, 0.15) is 12.0 Å². The summed E-state index contributed by atoms with van der Waals surface area (Å²) in [5.74, 6) is -1.01. The molecule has 0 heterocycles. The van der Waals surface area contributed by atoms with Gasteiger partial charge in [-0.3, -0.25) is 0 Å². The Balaban J connectivity index is 2.48. The molecule has 4 N–H and O–H groups in total. The SMILES string of the molecule is COCCCNC(=O)N[C@@H](Cc1ccc(O)cc1)C(=O)O. The molecular weight excluding hydrogens is 276 g/mol. The fourth-order valence-corrected chi connectivity index (χ4v) is 1.70. The van der Waals surface area contributed by atoms with Crippen molar-refractivity contribution in [3.8, 4) is 5.75 Å². The second-order valence-electron chi connectivity index (χ2n) is 4.51. The van der Waals surface area contributed by atoms with Crippen LogP contribution in [0.4, 0.5) is 4.79 Å². The molecule has 21 heavy (non-hydrogen) atoms. The van der Waals surface area contributed by atoms with E-state index in [1.807, 2.05) is 0 Å². The molecule has 0 radical (unpaired) electrons. The normalized spacial score (nSPS) is 11.7. The van der Waals surface area contributed by atoms with E-state index in [-0.39, 0.29) is 12.2 Å². The molecule has 1 aromatic carbocycles. The van der Waals surface area contributed by atoms with Crippen LogP contribution in [0, 0.1) is 0 Å². The highest BCUT2D eigenvalue weighted by atomic mass is 16.5. The first-order valence-corrected chi connectivity index (χ1v) is 6.57. The minimum Gasteiger partial charge on any atom is -0.508 e. The maximum atomic E-state index is 11.6. The van der Waals surface area contributed by atoms with Crippen LogP contribution in [0.3, 0.4) is 0 Å². The second kappa shape index (κ2) is 8.80. The third-order valence-corrected chi connectivity index (χ3v) is 2.79. The number of amides is 2. The van der Waals surface area contributed by atoms with E-state index in [2.05, 4.69) is 10.6 Å². The van der Waals surface area contributed by atoms with E-state index in [1.54, 1.807) is 19.2 Å². The highest BCUT2D eigenvalue weighted by Crippen LogP contribution is 2.11. The molecule has 0 saturated heterocycles. The van der Waals surface area contributed by atoms with Gasteiger partial charge in [0.25, 0.3) is 0 Å². The lowest BCUT2D eigenvalue weighted by Gasteiger charge is -2.15. The van der Waals surface area contributed by atoms with Gasteiger partial charge in [-0.25, -0.2) is 9.59 Å². The molecule has 116 valence electrons. The first-order chi connectivity index (χ1) is 10.0. The molecule has 0 bridgehead atoms. The number of aliphatic carboxylic acids is 1. The topological polar surface area (TPSA) is 108 Å². The zero-order valence-electron chi connectivity index (χ0n) is 11.8. The number of hydrogen-bond donors (Lipinski definition) is 4. The molecule has 1 rings (SSSR count). The summed E-state index contributed by atoms with van der Waals surface area (Å²) in [7, 11) is 1.57. The minimum atomic E-state index is -1.12. The lowest BCUT2D eigenvalue weighted by molar-refractivity contribution is -0.139. The molecule has 7 nitrogen and oxygen atoms in total. The molecule has 1 aromatic rings. The number of carbonyl (C=O) groups is 2. The number of methoxy groups -OCH3 is 1. The molecule has 0 aliphatic carbocycles. The quantitative estimate of drug-likeness (QED) is 0.529. The summed E-state index contributed by atoms with van der Waals surface area (Å²) in [6, 6.07) is 4.61. The Labute approximate surface area is 122 Å². The number of rotatable bonds is 8. The summed E-state index contributed by atoms with van der Waals surface area (Å²) in [6.07, 6.45) is 0.792. The van der Waals surface area contributed by atoms with Crippen molar-refractivity contribution in [2.45, 2.75) is 18.9 Å². The Kier molecular flexibility index (Phi) is 7.03. The maximum absolute atomic E-state index is 11.6. The number of phenols is 1. The summed E-state index contributed by atoms with van der Waals surface area (Å²) in [5, 5.41) is 23.3. The van der Waals surface area contributed by atoms with Gasteiger partial charge in [0.15, 0.2) is 0 Å². The van der Waals surface area contributed by atoms with Gasteiger partial charge in [-0.1, -0.05) is 12.1 Å². The minimum absolute atomic E-state index is 0.106. The van der Waals surface area contributed by atoms with Crippen LogP contribution in [0.25, 0.3) is 0 Å². The van der Waals surface area contributed by atoms with Crippen LogP contribution >= 0.6 is 0 Å². The fraction of sp³-hybridized carbons (Fsp3) is 0.429. The zero-order chi connectivity index (χ0) is 15.7. The molecule has 7 heteroatoms. The summed E-state index contributed by atoms with van der Waals surface area (Å²) < 4.78 is 4.85. The van der Waals surface area contributed by atoms with Crippen LogP contribution in [0.15, 0.2) is 24.3 Å². The van der Waals surface area contributed by atoms with Crippen LogP contribution in [0.2, 0.25) is 0 Å². The van der Waals surface area contributed by atoms with Crippen LogP contribution < -0.4 is 10.6 Å². The number of hydrogen-bond acceptors (Lipinski definition) is 4. The third kappa shape index (κ3) is 6.62. The third-order valence-electron chi connectivity index (χ3n) is 2.79. The lowest BCUT2D eigenvalue weighted by atomic mass is 10.1. The molecule has 0 aliphatic rings. The number of aromatic hydroxyl groups is 1. The van der Waals surface area contributed by atoms with Crippen molar-refractivity contribution < 1.29 is 24.5 Å². The van der Waals surface area contributed by atoms with Crippen molar-refractivity contribution in [1.82, 2.24) is 10.6 Å². The standard InChI is InChI=1S/C14H20N2O5/c1-21-8-2-7-15-14(20)16-12(13(18)19)9-10-3-5-11(17)6-4-10/h3-6,12,17H,2,7-9H2,1H3,(H,18,19)(H2,15,16,20)/t12-/m0/s1. The smallest absolute Gasteiger partial charge is 0.326 e. The van der Waals surface area contributed by atoms with Crippen LogP contribution in [-0.2, 0) is 16.0 Å². The molecular formula is C14H20N2O5. The van der Waals surface area contributed by atoms with Crippen molar-refractivity contribution in [1.29, 1.82) is 0 Å². The largest absolute Gasteiger partial charge is 0.508 e. The highest BCUT2D eigenvalue weighted by molar-refractivity contribution is 5.82. The van der Waals surface area contributed by atoms with E-state index >= 15 is 0 Å². The fourth-order valence-electron chi connectivity index (χ4n) is 1.70. The Bertz CT molecular complexity index is 461. The van der Waals surface area contributed by atoms with E-state index in [0.29, 0.717) is 25.1 Å². The highest BCUT2D eigenvalue weighted by Gasteiger charge is 2.20. The number of ether oxygens (including phenoxy) is 1. The first kappa shape index (κ1) is 16.8. The van der Waals surface area contributed by atoms with Gasteiger partial charge in [-0.05, 0) is 24.1 Å². The van der Waals surface area contributed by atoms with Gasteiger partial charge in [0, 0.05) is 26.7 Å². The van der Waals surface area contributed by atoms with Gasteiger partial charge >= 0.3 is 12.0 Å². The van der Waals surface area contributed by atoms with Gasteiger partial charge in [0.1, 0.15) is 11.8 Å². The second-order valence-corrected chi connectivity index (χ2v) is 4.51. The first-order valence-electron chi connectivity index (χ1n) is 6.57. The Morgan fingerprint density at radius 1 is 1.29 bits per heavy atom. The number of urea groups is 1. The van der Waals surface area contributed by atoms with Crippen molar-refractivity contribution in [2.75, 3.05) is 20.3 Å². The van der Waals surface area contributed by atoms with Crippen molar-refractivity contribution in [2.24, 2.45) is 0 Å². The van der Waals surface area contributed by atoms with Gasteiger partial charge in [-0.15, -0.1) is 0 Å². The Hall–Kier alpha value is -2.28. The Morgan fingerprint density at radius 3 is 2.52 bits per heavy atom. The predicted molar refractivity (Wildman–Crippen MR) is 76.3 cm³/mol. The molecule has 0 aromatic heterocycles. The monoisotopic (exact) mass is 296 g/mol. The zero-order valence-corrected chi connectivity index (χ0v) is 11.8. The van der Waals surface area contributed by atoms with Gasteiger partial charge < -0.3 is 25.6 Å². The van der Waals surface area contributed by atoms with Crippen LogP contribution in [0.5, 0.6) is 5.75 Å². The number of nitrogens with one attached hydrogen (secondary N) is 2. The number of phenolic OH excluding ortho intramolecular Hbond substituents is 1. The van der Waals surface area contributed by atoms with E-state index < -0.39 is 18.0 Å². The maximum Gasteiger partial charge on any atom is 0.326 e. The molecule has 0 saturated carbocycles. The predicted octanol–water partition coefficient (Wildman–Crippen LogP) is 0.724. The molecule has 2 amide bonds. The molecule has 0 fully saturated rings. The lowest BCUT2D eigenvalue weighted by Crippen LogP contribution is -2.47. The van der Waals surface area contributed by atoms with Crippen molar-refractivity contribution in [3.63, 3.8) is 0 Å². The molecule has 0 unspecified atom stereocenters. The molecule has 1 atom stereocenters. The Morgan fingerprint density at radius 2 is 1.95 bits per heavy atom. The van der Waals surface area contributed by atoms with Crippen molar-refractivity contribution >= 4 is 12.0 Å². The number of carboxylic acids is 1. The number of benzene rings is 1. The van der Waals surface area contributed by atoms with E-state index in [4.69, 9.17) is 9.84 Å². The average Bonchev–Trinajstić information content (AvgIpc) is 2.45. The van der Waals surface area contributed by atoms with E-state index in [9.17, 15) is 14.7 Å². The van der Waals surface area contributed by atoms with Gasteiger partial charge in [0.05, 0.1) is 0 Å². The summed E-state index contributed by atoms with van der Waals surface area (Å²) >= 11 is 0. The molecule has 0 aliphatic heterocycles. The van der Waals surface area contributed by atoms with Gasteiger partial charge in [0.2, 0.25) is 0 Å². The summed E-state index contributed by atoms with van der Waals surface area (Å²) in [6.45, 7) is 0.932. The van der Waals surface area contributed by atoms with Gasteiger partial charge in [-0.2, -0.15) is 0 Å². The van der Waals surface area contributed by atoms with Crippen molar-refractivity contribution in [3.05, 3.63) is 29.8 Å². The summed E-state index contributed by atoms with van der Waals surface area (Å²) in [5.41, 5.74) is 0.708. The average molecular weight is 296 g/mol.